The number of aliphatic hydroxyl groups excluding tert-OH is 1. The Balaban J connectivity index is 0.00000210. The molecule has 0 aromatic heterocycles. The molecular weight excluding hydrogens is 403 g/mol. The maximum Gasteiger partial charge on any atom is 0.103 e. The zero-order valence-corrected chi connectivity index (χ0v) is 18.5. The fourth-order valence-corrected chi connectivity index (χ4v) is 3.38. The van der Waals surface area contributed by atoms with Crippen molar-refractivity contribution in [1.82, 2.24) is 0 Å². The number of halogens is 2. The first-order valence-electron chi connectivity index (χ1n) is 9.62. The van der Waals surface area contributed by atoms with E-state index in [9.17, 15) is 5.11 Å². The molecule has 0 saturated heterocycles. The average Bonchev–Trinajstić information content (AvgIpc) is 2.74. The molecule has 5 heteroatoms. The van der Waals surface area contributed by atoms with E-state index in [1.165, 1.54) is 5.69 Å². The van der Waals surface area contributed by atoms with Crippen molar-refractivity contribution in [2.45, 2.75) is 26.0 Å². The van der Waals surface area contributed by atoms with Crippen LogP contribution < -0.4 is 10.2 Å². The molecule has 2 N–H and O–H groups in total. The van der Waals surface area contributed by atoms with Crippen LogP contribution in [0.1, 0.15) is 37.1 Å². The zero-order chi connectivity index (χ0) is 19.1. The standard InChI is InChI=1S/C24H28N2O.2ClH/c1-3-26(4-2)22-17-15-21(16-18-22)25-23(19-11-7-5-8-12-19)24(27)20-13-9-6-10-14-20;;/h5-18,23-25,27H,3-4H2,1-2H3;2*1H. The first-order valence-corrected chi connectivity index (χ1v) is 9.62. The minimum absolute atomic E-state index is 0. The molecule has 0 aliphatic heterocycles. The number of rotatable bonds is 8. The lowest BCUT2D eigenvalue weighted by atomic mass is 9.95. The lowest BCUT2D eigenvalue weighted by Crippen LogP contribution is -2.22. The number of anilines is 2. The van der Waals surface area contributed by atoms with Gasteiger partial charge in [0.1, 0.15) is 6.10 Å². The molecule has 0 aliphatic carbocycles. The van der Waals surface area contributed by atoms with Gasteiger partial charge < -0.3 is 15.3 Å². The van der Waals surface area contributed by atoms with Gasteiger partial charge >= 0.3 is 0 Å². The molecular formula is C24H30Cl2N2O. The van der Waals surface area contributed by atoms with Crippen LogP contribution in [0.15, 0.2) is 84.9 Å². The van der Waals surface area contributed by atoms with E-state index in [1.54, 1.807) is 0 Å². The SMILES string of the molecule is CCN(CC)c1ccc(NC(c2ccccc2)C(O)c2ccccc2)cc1.Cl.Cl. The van der Waals surface area contributed by atoms with Crippen molar-refractivity contribution >= 4 is 36.2 Å². The molecule has 0 aliphatic rings. The van der Waals surface area contributed by atoms with Crippen LogP contribution in [-0.2, 0) is 0 Å². The van der Waals surface area contributed by atoms with E-state index in [0.29, 0.717) is 0 Å². The van der Waals surface area contributed by atoms with Gasteiger partial charge in [-0.05, 0) is 49.2 Å². The molecule has 3 nitrogen and oxygen atoms in total. The van der Waals surface area contributed by atoms with E-state index in [1.807, 2.05) is 60.7 Å². The molecule has 3 rings (SSSR count). The Morgan fingerprint density at radius 3 is 1.69 bits per heavy atom. The monoisotopic (exact) mass is 432 g/mol. The molecule has 0 saturated carbocycles. The summed E-state index contributed by atoms with van der Waals surface area (Å²) in [6.07, 6.45) is -0.643. The third-order valence-corrected chi connectivity index (χ3v) is 4.93. The Labute approximate surface area is 186 Å². The highest BCUT2D eigenvalue weighted by Gasteiger charge is 2.22. The van der Waals surface area contributed by atoms with E-state index in [0.717, 1.165) is 29.9 Å². The third-order valence-electron chi connectivity index (χ3n) is 4.93. The lowest BCUT2D eigenvalue weighted by molar-refractivity contribution is 0.155. The predicted molar refractivity (Wildman–Crippen MR) is 129 cm³/mol. The van der Waals surface area contributed by atoms with Gasteiger partial charge in [0.25, 0.3) is 0 Å². The second-order valence-corrected chi connectivity index (χ2v) is 6.61. The van der Waals surface area contributed by atoms with E-state index in [-0.39, 0.29) is 30.9 Å². The van der Waals surface area contributed by atoms with Gasteiger partial charge in [0.05, 0.1) is 6.04 Å². The second kappa shape index (κ2) is 12.4. The first-order chi connectivity index (χ1) is 13.2. The Morgan fingerprint density at radius 2 is 1.21 bits per heavy atom. The largest absolute Gasteiger partial charge is 0.386 e. The van der Waals surface area contributed by atoms with Crippen molar-refractivity contribution in [2.24, 2.45) is 0 Å². The Kier molecular flexibility index (Phi) is 10.6. The highest BCUT2D eigenvalue weighted by Crippen LogP contribution is 2.32. The Morgan fingerprint density at radius 1 is 0.724 bits per heavy atom. The van der Waals surface area contributed by atoms with Gasteiger partial charge in [-0.1, -0.05) is 60.7 Å². The van der Waals surface area contributed by atoms with Crippen LogP contribution in [0.2, 0.25) is 0 Å². The summed E-state index contributed by atoms with van der Waals surface area (Å²) in [6, 6.07) is 28.1. The molecule has 29 heavy (non-hydrogen) atoms. The Bertz CT molecular complexity index is 809. The number of nitrogens with zero attached hydrogens (tertiary/aromatic N) is 1. The summed E-state index contributed by atoms with van der Waals surface area (Å²) < 4.78 is 0. The first kappa shape index (κ1) is 24.8. The quantitative estimate of drug-likeness (QED) is 0.440. The molecule has 2 unspecified atom stereocenters. The molecule has 3 aromatic carbocycles. The van der Waals surface area contributed by atoms with E-state index in [4.69, 9.17) is 0 Å². The third kappa shape index (κ3) is 6.40. The normalized spacial score (nSPS) is 12.1. The highest BCUT2D eigenvalue weighted by molar-refractivity contribution is 5.85. The lowest BCUT2D eigenvalue weighted by Gasteiger charge is -2.27. The van der Waals surface area contributed by atoms with Gasteiger partial charge in [-0.3, -0.25) is 0 Å². The summed E-state index contributed by atoms with van der Waals surface area (Å²) in [5, 5.41) is 14.6. The second-order valence-electron chi connectivity index (χ2n) is 6.61. The summed E-state index contributed by atoms with van der Waals surface area (Å²) in [5.41, 5.74) is 4.17. The van der Waals surface area contributed by atoms with Crippen LogP contribution in [-0.4, -0.2) is 18.2 Å². The number of nitrogens with one attached hydrogen (secondary N) is 1. The average molecular weight is 433 g/mol. The van der Waals surface area contributed by atoms with Crippen molar-refractivity contribution in [3.63, 3.8) is 0 Å². The molecule has 156 valence electrons. The molecule has 0 heterocycles. The minimum atomic E-state index is -0.643. The minimum Gasteiger partial charge on any atom is -0.386 e. The molecule has 0 fully saturated rings. The summed E-state index contributed by atoms with van der Waals surface area (Å²) in [7, 11) is 0. The summed E-state index contributed by atoms with van der Waals surface area (Å²) in [5.74, 6) is 0. The van der Waals surface area contributed by atoms with Gasteiger partial charge in [-0.2, -0.15) is 0 Å². The van der Waals surface area contributed by atoms with Gasteiger partial charge in [0.2, 0.25) is 0 Å². The van der Waals surface area contributed by atoms with E-state index >= 15 is 0 Å². The molecule has 0 radical (unpaired) electrons. The van der Waals surface area contributed by atoms with Gasteiger partial charge in [0, 0.05) is 24.5 Å². The zero-order valence-electron chi connectivity index (χ0n) is 16.9. The maximum absolute atomic E-state index is 11.0. The van der Waals surface area contributed by atoms with Crippen LogP contribution >= 0.6 is 24.8 Å². The van der Waals surface area contributed by atoms with Crippen LogP contribution in [0, 0.1) is 0 Å². The van der Waals surface area contributed by atoms with Crippen molar-refractivity contribution in [3.8, 4) is 0 Å². The van der Waals surface area contributed by atoms with Crippen LogP contribution in [0.3, 0.4) is 0 Å². The number of hydrogen-bond donors (Lipinski definition) is 2. The van der Waals surface area contributed by atoms with E-state index < -0.39 is 6.10 Å². The summed E-state index contributed by atoms with van der Waals surface area (Å²) in [6.45, 7) is 6.31. The number of benzene rings is 3. The molecule has 0 spiro atoms. The Hall–Kier alpha value is -2.20. The van der Waals surface area contributed by atoms with Crippen LogP contribution in [0.4, 0.5) is 11.4 Å². The van der Waals surface area contributed by atoms with Gasteiger partial charge in [-0.15, -0.1) is 24.8 Å². The van der Waals surface area contributed by atoms with Crippen molar-refractivity contribution in [2.75, 3.05) is 23.3 Å². The molecule has 3 aromatic rings. The fourth-order valence-electron chi connectivity index (χ4n) is 3.38. The highest BCUT2D eigenvalue weighted by atomic mass is 35.5. The predicted octanol–water partition coefficient (Wildman–Crippen LogP) is 6.26. The van der Waals surface area contributed by atoms with Gasteiger partial charge in [0.15, 0.2) is 0 Å². The van der Waals surface area contributed by atoms with Gasteiger partial charge in [-0.25, -0.2) is 0 Å². The summed E-state index contributed by atoms with van der Waals surface area (Å²) >= 11 is 0. The smallest absolute Gasteiger partial charge is 0.103 e. The fraction of sp³-hybridized carbons (Fsp3) is 0.250. The molecule has 2 atom stereocenters. The van der Waals surface area contributed by atoms with Crippen molar-refractivity contribution in [3.05, 3.63) is 96.1 Å². The number of aliphatic hydroxyl groups is 1. The topological polar surface area (TPSA) is 35.5 Å². The molecule has 0 bridgehead atoms. The number of hydrogen-bond acceptors (Lipinski definition) is 3. The van der Waals surface area contributed by atoms with E-state index in [2.05, 4.69) is 48.3 Å². The summed E-state index contributed by atoms with van der Waals surface area (Å²) in [4.78, 5) is 2.32. The molecule has 0 amide bonds. The van der Waals surface area contributed by atoms with Crippen LogP contribution in [0.5, 0.6) is 0 Å². The van der Waals surface area contributed by atoms with Crippen molar-refractivity contribution in [1.29, 1.82) is 0 Å². The maximum atomic E-state index is 11.0. The van der Waals surface area contributed by atoms with Crippen LogP contribution in [0.25, 0.3) is 0 Å². The van der Waals surface area contributed by atoms with Crippen molar-refractivity contribution < 1.29 is 5.11 Å².